The summed E-state index contributed by atoms with van der Waals surface area (Å²) in [6.07, 6.45) is 1.55. The monoisotopic (exact) mass is 391 g/mol. The van der Waals surface area contributed by atoms with Gasteiger partial charge in [-0.15, -0.1) is 0 Å². The molecule has 0 spiro atoms. The first-order valence-corrected chi connectivity index (χ1v) is 9.81. The van der Waals surface area contributed by atoms with E-state index in [2.05, 4.69) is 63.6 Å². The van der Waals surface area contributed by atoms with Gasteiger partial charge in [-0.05, 0) is 55.8 Å². The smallest absolute Gasteiger partial charge is 0.231 e. The molecule has 0 atom stereocenters. The molecule has 1 aliphatic heterocycles. The average Bonchev–Trinajstić information content (AvgIpc) is 3.22. The zero-order chi connectivity index (χ0) is 20.1. The summed E-state index contributed by atoms with van der Waals surface area (Å²) in [7, 11) is 0. The molecule has 0 amide bonds. The SMILES string of the molecule is CCN(CC)c1ccc(Nc2cc(NCc3ccc4c(c3)OCO4)ncn2)cc1. The van der Waals surface area contributed by atoms with Crippen LogP contribution in [0.3, 0.4) is 0 Å². The third-order valence-corrected chi connectivity index (χ3v) is 4.85. The first kappa shape index (κ1) is 18.9. The highest BCUT2D eigenvalue weighted by Gasteiger charge is 2.13. The number of ether oxygens (including phenoxy) is 2. The normalized spacial score (nSPS) is 11.9. The van der Waals surface area contributed by atoms with Gasteiger partial charge in [0.2, 0.25) is 6.79 Å². The van der Waals surface area contributed by atoms with Crippen LogP contribution in [0.2, 0.25) is 0 Å². The van der Waals surface area contributed by atoms with Crippen LogP contribution in [0.4, 0.5) is 23.0 Å². The van der Waals surface area contributed by atoms with E-state index in [0.29, 0.717) is 6.54 Å². The summed E-state index contributed by atoms with van der Waals surface area (Å²) < 4.78 is 10.8. The van der Waals surface area contributed by atoms with Crippen molar-refractivity contribution in [3.63, 3.8) is 0 Å². The maximum Gasteiger partial charge on any atom is 0.231 e. The highest BCUT2D eigenvalue weighted by molar-refractivity contribution is 5.62. The maximum absolute atomic E-state index is 5.43. The second-order valence-electron chi connectivity index (χ2n) is 6.67. The van der Waals surface area contributed by atoms with E-state index in [-0.39, 0.29) is 6.79 Å². The van der Waals surface area contributed by atoms with Crippen LogP contribution in [-0.2, 0) is 6.54 Å². The lowest BCUT2D eigenvalue weighted by atomic mass is 10.2. The Morgan fingerprint density at radius 2 is 1.66 bits per heavy atom. The minimum absolute atomic E-state index is 0.281. The van der Waals surface area contributed by atoms with E-state index >= 15 is 0 Å². The predicted octanol–water partition coefficient (Wildman–Crippen LogP) is 4.41. The summed E-state index contributed by atoms with van der Waals surface area (Å²) in [5, 5.41) is 6.66. The average molecular weight is 391 g/mol. The molecule has 1 aromatic heterocycles. The van der Waals surface area contributed by atoms with Crippen molar-refractivity contribution in [3.05, 3.63) is 60.4 Å². The third kappa shape index (κ3) is 4.51. The number of nitrogens with one attached hydrogen (secondary N) is 2. The topological polar surface area (TPSA) is 71.5 Å². The van der Waals surface area contributed by atoms with E-state index < -0.39 is 0 Å². The van der Waals surface area contributed by atoms with Gasteiger partial charge >= 0.3 is 0 Å². The summed E-state index contributed by atoms with van der Waals surface area (Å²) in [6, 6.07) is 16.2. The molecule has 2 N–H and O–H groups in total. The Morgan fingerprint density at radius 3 is 2.45 bits per heavy atom. The van der Waals surface area contributed by atoms with Crippen LogP contribution >= 0.6 is 0 Å². The molecule has 3 aromatic rings. The molecule has 0 fully saturated rings. The lowest BCUT2D eigenvalue weighted by Gasteiger charge is -2.21. The minimum Gasteiger partial charge on any atom is -0.454 e. The molecule has 0 radical (unpaired) electrons. The van der Waals surface area contributed by atoms with Crippen molar-refractivity contribution in [3.8, 4) is 11.5 Å². The minimum atomic E-state index is 0.281. The zero-order valence-electron chi connectivity index (χ0n) is 16.7. The summed E-state index contributed by atoms with van der Waals surface area (Å²) in [5.41, 5.74) is 3.30. The zero-order valence-corrected chi connectivity index (χ0v) is 16.7. The summed E-state index contributed by atoms with van der Waals surface area (Å²) in [5.74, 6) is 3.06. The fraction of sp³-hybridized carbons (Fsp3) is 0.273. The van der Waals surface area contributed by atoms with Crippen LogP contribution in [0.1, 0.15) is 19.4 Å². The van der Waals surface area contributed by atoms with Crippen molar-refractivity contribution in [2.75, 3.05) is 35.4 Å². The molecular formula is C22H25N5O2. The highest BCUT2D eigenvalue weighted by atomic mass is 16.7. The predicted molar refractivity (Wildman–Crippen MR) is 115 cm³/mol. The van der Waals surface area contributed by atoms with Crippen LogP contribution in [0.15, 0.2) is 54.9 Å². The molecule has 150 valence electrons. The molecule has 7 heteroatoms. The first-order valence-electron chi connectivity index (χ1n) is 9.81. The van der Waals surface area contributed by atoms with E-state index in [1.165, 1.54) is 5.69 Å². The van der Waals surface area contributed by atoms with E-state index in [4.69, 9.17) is 9.47 Å². The Morgan fingerprint density at radius 1 is 0.897 bits per heavy atom. The number of anilines is 4. The number of hydrogen-bond acceptors (Lipinski definition) is 7. The van der Waals surface area contributed by atoms with Crippen molar-refractivity contribution in [2.24, 2.45) is 0 Å². The molecule has 4 rings (SSSR count). The summed E-state index contributed by atoms with van der Waals surface area (Å²) in [4.78, 5) is 10.9. The van der Waals surface area contributed by atoms with Crippen LogP contribution in [0.25, 0.3) is 0 Å². The van der Waals surface area contributed by atoms with E-state index in [0.717, 1.165) is 47.5 Å². The molecule has 2 aromatic carbocycles. The largest absolute Gasteiger partial charge is 0.454 e. The van der Waals surface area contributed by atoms with Gasteiger partial charge in [0.15, 0.2) is 11.5 Å². The summed E-state index contributed by atoms with van der Waals surface area (Å²) >= 11 is 0. The molecule has 7 nitrogen and oxygen atoms in total. The Balaban J connectivity index is 1.38. The second kappa shape index (κ2) is 8.68. The van der Waals surface area contributed by atoms with E-state index in [1.54, 1.807) is 6.33 Å². The highest BCUT2D eigenvalue weighted by Crippen LogP contribution is 2.32. The van der Waals surface area contributed by atoms with Crippen molar-refractivity contribution in [1.29, 1.82) is 0 Å². The Labute approximate surface area is 170 Å². The van der Waals surface area contributed by atoms with Gasteiger partial charge in [-0.3, -0.25) is 0 Å². The standard InChI is InChI=1S/C22H25N5O2/c1-3-27(4-2)18-8-6-17(7-9-18)26-22-12-21(24-14-25-22)23-13-16-5-10-19-20(11-16)29-15-28-19/h5-12,14H,3-4,13,15H2,1-2H3,(H2,23,24,25,26). The molecule has 0 aliphatic carbocycles. The molecular weight excluding hydrogens is 366 g/mol. The number of nitrogens with zero attached hydrogens (tertiary/aromatic N) is 3. The molecule has 2 heterocycles. The van der Waals surface area contributed by atoms with Gasteiger partial charge in [-0.2, -0.15) is 0 Å². The van der Waals surface area contributed by atoms with Gasteiger partial charge in [0, 0.05) is 37.1 Å². The van der Waals surface area contributed by atoms with Crippen molar-refractivity contribution in [1.82, 2.24) is 9.97 Å². The van der Waals surface area contributed by atoms with Crippen molar-refractivity contribution in [2.45, 2.75) is 20.4 Å². The lowest BCUT2D eigenvalue weighted by Crippen LogP contribution is -2.21. The molecule has 29 heavy (non-hydrogen) atoms. The number of hydrogen-bond donors (Lipinski definition) is 2. The molecule has 0 bridgehead atoms. The maximum atomic E-state index is 5.43. The van der Waals surface area contributed by atoms with Gasteiger partial charge in [0.1, 0.15) is 18.0 Å². The van der Waals surface area contributed by atoms with Gasteiger partial charge in [0.25, 0.3) is 0 Å². The van der Waals surface area contributed by atoms with Crippen LogP contribution in [-0.4, -0.2) is 29.9 Å². The Bertz CT molecular complexity index is 958. The fourth-order valence-corrected chi connectivity index (χ4v) is 3.26. The van der Waals surface area contributed by atoms with E-state index in [9.17, 15) is 0 Å². The third-order valence-electron chi connectivity index (χ3n) is 4.85. The van der Waals surface area contributed by atoms with Gasteiger partial charge in [0.05, 0.1) is 0 Å². The van der Waals surface area contributed by atoms with Crippen molar-refractivity contribution < 1.29 is 9.47 Å². The summed E-state index contributed by atoms with van der Waals surface area (Å²) in [6.45, 7) is 7.22. The van der Waals surface area contributed by atoms with Crippen LogP contribution in [0.5, 0.6) is 11.5 Å². The number of fused-ring (bicyclic) bond motifs is 1. The molecule has 0 saturated heterocycles. The number of benzene rings is 2. The fourth-order valence-electron chi connectivity index (χ4n) is 3.26. The Hall–Kier alpha value is -3.48. The van der Waals surface area contributed by atoms with Gasteiger partial charge in [-0.25, -0.2) is 9.97 Å². The second-order valence-corrected chi connectivity index (χ2v) is 6.67. The number of aromatic nitrogens is 2. The van der Waals surface area contributed by atoms with Crippen LogP contribution in [0, 0.1) is 0 Å². The van der Waals surface area contributed by atoms with Gasteiger partial charge in [-0.1, -0.05) is 6.07 Å². The lowest BCUT2D eigenvalue weighted by molar-refractivity contribution is 0.174. The quantitative estimate of drug-likeness (QED) is 0.589. The Kier molecular flexibility index (Phi) is 5.65. The molecule has 0 saturated carbocycles. The van der Waals surface area contributed by atoms with Crippen molar-refractivity contribution >= 4 is 23.0 Å². The number of rotatable bonds is 8. The molecule has 1 aliphatic rings. The van der Waals surface area contributed by atoms with E-state index in [1.807, 2.05) is 24.3 Å². The first-order chi connectivity index (χ1) is 14.2. The van der Waals surface area contributed by atoms with Crippen LogP contribution < -0.4 is 25.0 Å². The van der Waals surface area contributed by atoms with Gasteiger partial charge < -0.3 is 25.0 Å². The molecule has 0 unspecified atom stereocenters.